The first kappa shape index (κ1) is 12.1. The van der Waals surface area contributed by atoms with Crippen molar-refractivity contribution in [3.8, 4) is 44.9 Å². The largest absolute Gasteiger partial charge is 0.457 e. The van der Waals surface area contributed by atoms with Gasteiger partial charge in [-0.2, -0.15) is 0 Å². The maximum absolute atomic E-state index is 9.71. The smallest absolute Gasteiger partial charge is 0.132 e. The molecule has 0 spiro atoms. The molecule has 0 radical (unpaired) electrons. The summed E-state index contributed by atoms with van der Waals surface area (Å²) < 4.78 is 196. The summed E-state index contributed by atoms with van der Waals surface area (Å²) in [6.45, 7) is 0. The Morgan fingerprint density at radius 2 is 0.864 bits per heavy atom. The first-order chi connectivity index (χ1) is 30.5. The van der Waals surface area contributed by atoms with Crippen molar-refractivity contribution in [1.29, 1.82) is 0 Å². The lowest BCUT2D eigenvalue weighted by molar-refractivity contribution is 0.435. The molecule has 0 unspecified atom stereocenters. The van der Waals surface area contributed by atoms with Gasteiger partial charge in [-0.25, -0.2) is 0 Å². The summed E-state index contributed by atoms with van der Waals surface area (Å²) in [5.41, 5.74) is -6.53. The molecule has 0 bridgehead atoms. The van der Waals surface area contributed by atoms with Crippen molar-refractivity contribution in [3.05, 3.63) is 204 Å². The topological polar surface area (TPSA) is 9.23 Å². The monoisotopic (exact) mass is 583 g/mol. The summed E-state index contributed by atoms with van der Waals surface area (Å²) in [6, 6.07) is -4.47. The van der Waals surface area contributed by atoms with Crippen molar-refractivity contribution in [2.45, 2.75) is 5.41 Å². The summed E-state index contributed by atoms with van der Waals surface area (Å²) in [4.78, 5) is 0. The van der Waals surface area contributed by atoms with Gasteiger partial charge in [-0.05, 0) is 56.6 Å². The zero-order valence-corrected chi connectivity index (χ0v) is 22.6. The number of hydrogen-bond donors (Lipinski definition) is 0. The minimum absolute atomic E-state index is 0.145. The van der Waals surface area contributed by atoms with Gasteiger partial charge in [0.1, 0.15) is 11.5 Å². The second kappa shape index (κ2) is 10.9. The van der Waals surface area contributed by atoms with Gasteiger partial charge >= 0.3 is 0 Å². The molecule has 0 saturated carbocycles. The molecule has 7 aromatic rings. The average Bonchev–Trinajstić information content (AvgIpc) is 3.30. The van der Waals surface area contributed by atoms with Crippen LogP contribution >= 0.6 is 0 Å². The van der Waals surface area contributed by atoms with Crippen LogP contribution in [0.1, 0.15) is 51.0 Å². The molecule has 1 heterocycles. The van der Waals surface area contributed by atoms with Gasteiger partial charge in [0.2, 0.25) is 0 Å². The van der Waals surface area contributed by atoms with Crippen LogP contribution in [0.4, 0.5) is 0 Å². The fourth-order valence-electron chi connectivity index (χ4n) is 5.27. The summed E-state index contributed by atoms with van der Waals surface area (Å²) >= 11 is 0. The number of para-hydroxylation sites is 1. The third-order valence-electron chi connectivity index (χ3n) is 7.29. The molecule has 0 fully saturated rings. The average molecular weight is 584 g/mol. The Kier molecular flexibility index (Phi) is 3.00. The molecule has 1 aliphatic heterocycles. The van der Waals surface area contributed by atoms with Crippen molar-refractivity contribution in [1.82, 2.24) is 0 Å². The number of benzene rings is 7. The number of hydrogen-bond acceptors (Lipinski definition) is 1. The summed E-state index contributed by atoms with van der Waals surface area (Å²) in [6.07, 6.45) is 0. The van der Waals surface area contributed by atoms with E-state index in [1.165, 1.54) is 0 Å². The molecular formula is C43H30O. The molecule has 0 saturated heterocycles. The predicted octanol–water partition coefficient (Wildman–Crippen LogP) is 11.2. The first-order valence-electron chi connectivity index (χ1n) is 23.9. The van der Waals surface area contributed by atoms with Crippen LogP contribution in [0.15, 0.2) is 181 Å². The molecule has 0 aliphatic carbocycles. The van der Waals surface area contributed by atoms with E-state index in [0.717, 1.165) is 11.1 Å². The van der Waals surface area contributed by atoms with Crippen LogP contribution in [-0.4, -0.2) is 0 Å². The summed E-state index contributed by atoms with van der Waals surface area (Å²) in [7, 11) is 0. The standard InChI is InChI=1S/C43H30O/c1-4-12-31(13-5-1)32-20-22-33(23-21-32)34-24-26-35(27-25-34)36-28-29-40-42(30-36)44-41-19-11-10-18-39(41)43(40,37-14-6-2-7-15-37)38-16-8-3-9-17-38/h1-30H/i2D,3D,6D,7D,8D,9D,10D,11D,14D,15D,16D,17D,18D,19D,24D,25D,26D,27D,28D,29D,30D. The van der Waals surface area contributed by atoms with Gasteiger partial charge in [0, 0.05) is 11.1 Å². The van der Waals surface area contributed by atoms with Crippen molar-refractivity contribution in [2.24, 2.45) is 0 Å². The SMILES string of the molecule is [2H]c1c([2H])c([2H])c(C2(c3c([2H])c([2H])c([2H])c([2H])c3[2H])c3c([2H])c([2H])c([2H])c([2H])c3Oc3c([2H])c(-c4c([2H])c([2H])c(-c5ccc(-c6ccccc6)cc5)c([2H])c4[2H])c([2H])c([2H])c32)c([2H])c1[2H]. The van der Waals surface area contributed by atoms with E-state index in [9.17, 15) is 13.7 Å². The van der Waals surface area contributed by atoms with E-state index in [0.29, 0.717) is 0 Å². The van der Waals surface area contributed by atoms with Crippen LogP contribution in [0.5, 0.6) is 11.5 Å². The van der Waals surface area contributed by atoms with Crippen LogP contribution in [0.2, 0.25) is 0 Å². The van der Waals surface area contributed by atoms with Gasteiger partial charge < -0.3 is 4.74 Å². The lowest BCUT2D eigenvalue weighted by Crippen LogP contribution is -2.34. The molecule has 0 atom stereocenters. The van der Waals surface area contributed by atoms with Crippen molar-refractivity contribution in [3.63, 3.8) is 0 Å². The van der Waals surface area contributed by atoms with E-state index in [2.05, 4.69) is 0 Å². The molecule has 44 heavy (non-hydrogen) atoms. The highest BCUT2D eigenvalue weighted by atomic mass is 16.5. The highest BCUT2D eigenvalue weighted by molar-refractivity contribution is 5.76. The molecule has 7 aromatic carbocycles. The minimum Gasteiger partial charge on any atom is -0.457 e. The molecule has 8 rings (SSSR count). The highest BCUT2D eigenvalue weighted by Crippen LogP contribution is 2.55. The zero-order valence-electron chi connectivity index (χ0n) is 43.6. The quantitative estimate of drug-likeness (QED) is 0.196. The van der Waals surface area contributed by atoms with E-state index in [1.807, 2.05) is 30.3 Å². The summed E-state index contributed by atoms with van der Waals surface area (Å²) in [5.74, 6) is -1.85. The first-order valence-corrected chi connectivity index (χ1v) is 13.4. The van der Waals surface area contributed by atoms with Gasteiger partial charge in [-0.15, -0.1) is 0 Å². The van der Waals surface area contributed by atoms with E-state index >= 15 is 0 Å². The van der Waals surface area contributed by atoms with E-state index < -0.39 is 177 Å². The van der Waals surface area contributed by atoms with E-state index in [1.54, 1.807) is 24.3 Å². The van der Waals surface area contributed by atoms with Gasteiger partial charge in [0.15, 0.2) is 0 Å². The number of rotatable bonds is 5. The van der Waals surface area contributed by atoms with Crippen molar-refractivity contribution in [2.75, 3.05) is 0 Å². The lowest BCUT2D eigenvalue weighted by Gasteiger charge is -2.41. The molecule has 208 valence electrons. The van der Waals surface area contributed by atoms with Gasteiger partial charge in [0.25, 0.3) is 0 Å². The van der Waals surface area contributed by atoms with Gasteiger partial charge in [-0.1, -0.05) is 169 Å². The fourth-order valence-corrected chi connectivity index (χ4v) is 5.27. The zero-order chi connectivity index (χ0) is 47.6. The minimum atomic E-state index is -3.17. The van der Waals surface area contributed by atoms with E-state index in [4.69, 9.17) is 19.8 Å². The predicted molar refractivity (Wildman–Crippen MR) is 181 cm³/mol. The van der Waals surface area contributed by atoms with Crippen LogP contribution in [0, 0.1) is 0 Å². The van der Waals surface area contributed by atoms with Crippen molar-refractivity contribution >= 4 is 0 Å². The van der Waals surface area contributed by atoms with Gasteiger partial charge in [0.05, 0.1) is 34.2 Å². The maximum atomic E-state index is 9.71. The highest BCUT2D eigenvalue weighted by Gasteiger charge is 2.45. The third-order valence-corrected chi connectivity index (χ3v) is 7.29. The molecule has 0 amide bonds. The van der Waals surface area contributed by atoms with Crippen molar-refractivity contribution < 1.29 is 33.5 Å². The molecule has 0 aromatic heterocycles. The van der Waals surface area contributed by atoms with Crippen LogP contribution in [-0.2, 0) is 5.41 Å². The Balaban J connectivity index is 1.56. The Labute approximate surface area is 288 Å². The van der Waals surface area contributed by atoms with Crippen LogP contribution in [0.3, 0.4) is 0 Å². The second-order valence-corrected chi connectivity index (χ2v) is 9.70. The fraction of sp³-hybridized carbons (Fsp3) is 0.0233. The lowest BCUT2D eigenvalue weighted by atomic mass is 9.63. The number of ether oxygens (including phenoxy) is 1. The van der Waals surface area contributed by atoms with Gasteiger partial charge in [-0.3, -0.25) is 0 Å². The third kappa shape index (κ3) is 4.33. The number of fused-ring (bicyclic) bond motifs is 2. The normalized spacial score (nSPS) is 19.6. The Bertz CT molecular complexity index is 3050. The maximum Gasteiger partial charge on any atom is 0.132 e. The molecule has 1 aliphatic rings. The summed E-state index contributed by atoms with van der Waals surface area (Å²) in [5, 5.41) is 0. The van der Waals surface area contributed by atoms with Crippen LogP contribution in [0.25, 0.3) is 33.4 Å². The second-order valence-electron chi connectivity index (χ2n) is 9.70. The Morgan fingerprint density at radius 3 is 1.50 bits per heavy atom. The Morgan fingerprint density at radius 1 is 0.386 bits per heavy atom. The van der Waals surface area contributed by atoms with E-state index in [-0.39, 0.29) is 11.1 Å². The molecule has 1 heteroatoms. The molecule has 0 N–H and O–H groups in total. The molecule has 1 nitrogen and oxygen atoms in total. The Hall–Kier alpha value is -5.66. The molecular weight excluding hydrogens is 532 g/mol. The van der Waals surface area contributed by atoms with Crippen LogP contribution < -0.4 is 4.74 Å².